The Morgan fingerprint density at radius 3 is 1.61 bits per heavy atom. The average Bonchev–Trinajstić information content (AvgIpc) is 2.79. The monoisotopic (exact) mass is 461 g/mol. The molecule has 8 nitrogen and oxygen atoms in total. The molecule has 0 radical (unpaired) electrons. The molecule has 0 aliphatic carbocycles. The normalized spacial score (nSPS) is 11.5. The zero-order chi connectivity index (χ0) is 22.6. The van der Waals surface area contributed by atoms with Crippen molar-refractivity contribution in [1.82, 2.24) is 0 Å². The largest absolute Gasteiger partial charge is 0.493 e. The maximum absolute atomic E-state index is 13.6. The number of carbonyl (C=O) groups excluding carboxylic acids is 1. The summed E-state index contributed by atoms with van der Waals surface area (Å²) in [6, 6.07) is 16.6. The van der Waals surface area contributed by atoms with Gasteiger partial charge in [0.15, 0.2) is 11.5 Å². The number of nitrogens with zero attached hydrogens (tertiary/aromatic N) is 1. The lowest BCUT2D eigenvalue weighted by Gasteiger charge is -2.26. The molecule has 0 bridgehead atoms. The molecular formula is C21H19NO7S2. The molecule has 0 heterocycles. The van der Waals surface area contributed by atoms with Gasteiger partial charge < -0.3 is 9.47 Å². The van der Waals surface area contributed by atoms with Crippen molar-refractivity contribution in [2.24, 2.45) is 0 Å². The minimum atomic E-state index is -4.65. The summed E-state index contributed by atoms with van der Waals surface area (Å²) in [7, 11) is -6.77. The lowest BCUT2D eigenvalue weighted by Crippen LogP contribution is -2.37. The highest BCUT2D eigenvalue weighted by Gasteiger charge is 2.39. The van der Waals surface area contributed by atoms with E-state index in [1.54, 1.807) is 12.1 Å². The first-order valence-electron chi connectivity index (χ1n) is 8.89. The number of anilines is 1. The van der Waals surface area contributed by atoms with Gasteiger partial charge in [-0.1, -0.05) is 36.4 Å². The van der Waals surface area contributed by atoms with Crippen LogP contribution in [0.15, 0.2) is 82.6 Å². The van der Waals surface area contributed by atoms with Crippen LogP contribution in [0.25, 0.3) is 0 Å². The Morgan fingerprint density at radius 1 is 0.742 bits per heavy atom. The van der Waals surface area contributed by atoms with Gasteiger partial charge >= 0.3 is 0 Å². The summed E-state index contributed by atoms with van der Waals surface area (Å²) in [4.78, 5) is 11.0. The van der Waals surface area contributed by atoms with Crippen molar-refractivity contribution in [3.8, 4) is 11.5 Å². The molecule has 3 rings (SSSR count). The van der Waals surface area contributed by atoms with Crippen LogP contribution < -0.4 is 13.2 Å². The number of methoxy groups -OCH3 is 2. The SMILES string of the molecule is COc1cc(C=O)cc(N(S(=O)(=O)c2ccccc2)S(=O)(=O)c2ccccc2)c1OC. The second-order valence-corrected chi connectivity index (χ2v) is 10.0. The van der Waals surface area contributed by atoms with E-state index in [0.29, 0.717) is 6.29 Å². The zero-order valence-electron chi connectivity index (χ0n) is 16.6. The van der Waals surface area contributed by atoms with Gasteiger partial charge in [0.25, 0.3) is 20.0 Å². The van der Waals surface area contributed by atoms with E-state index in [9.17, 15) is 21.6 Å². The van der Waals surface area contributed by atoms with Crippen LogP contribution in [0.4, 0.5) is 5.69 Å². The van der Waals surface area contributed by atoms with Gasteiger partial charge in [0.1, 0.15) is 12.0 Å². The van der Waals surface area contributed by atoms with Crippen molar-refractivity contribution in [3.05, 3.63) is 78.4 Å². The van der Waals surface area contributed by atoms with E-state index >= 15 is 0 Å². The van der Waals surface area contributed by atoms with Crippen LogP contribution in [-0.2, 0) is 20.0 Å². The van der Waals surface area contributed by atoms with Crippen LogP contribution in [0.1, 0.15) is 10.4 Å². The van der Waals surface area contributed by atoms with Gasteiger partial charge in [-0.2, -0.15) is 3.71 Å². The maximum atomic E-state index is 13.6. The number of benzene rings is 3. The summed E-state index contributed by atoms with van der Waals surface area (Å²) in [5.41, 5.74) is -0.374. The summed E-state index contributed by atoms with van der Waals surface area (Å²) >= 11 is 0. The van der Waals surface area contributed by atoms with Gasteiger partial charge in [-0.3, -0.25) is 4.79 Å². The quantitative estimate of drug-likeness (QED) is 0.475. The summed E-state index contributed by atoms with van der Waals surface area (Å²) < 4.78 is 65.1. The second kappa shape index (κ2) is 8.78. The standard InChI is InChI=1S/C21H19NO7S2/c1-28-20-14-16(15-23)13-19(21(20)29-2)22(30(24,25)17-9-5-3-6-10-17)31(26,27)18-11-7-4-8-12-18/h3-15H,1-2H3. The van der Waals surface area contributed by atoms with Gasteiger partial charge in [-0.05, 0) is 36.4 Å². The summed E-state index contributed by atoms with van der Waals surface area (Å²) in [5.74, 6) is -0.161. The smallest absolute Gasteiger partial charge is 0.277 e. The minimum absolute atomic E-state index is 0.00127. The molecule has 0 spiro atoms. The number of aldehydes is 1. The van der Waals surface area contributed by atoms with Gasteiger partial charge in [-0.25, -0.2) is 16.8 Å². The van der Waals surface area contributed by atoms with Crippen molar-refractivity contribution in [2.75, 3.05) is 17.9 Å². The molecule has 0 aromatic heterocycles. The molecule has 3 aromatic rings. The van der Waals surface area contributed by atoms with Crippen molar-refractivity contribution in [3.63, 3.8) is 0 Å². The van der Waals surface area contributed by atoms with E-state index in [4.69, 9.17) is 9.47 Å². The molecule has 0 amide bonds. The molecule has 0 saturated carbocycles. The number of hydrogen-bond acceptors (Lipinski definition) is 7. The van der Waals surface area contributed by atoms with E-state index in [1.165, 1.54) is 68.8 Å². The third-order valence-corrected chi connectivity index (χ3v) is 8.51. The van der Waals surface area contributed by atoms with E-state index in [1.807, 2.05) is 0 Å². The van der Waals surface area contributed by atoms with E-state index in [-0.39, 0.29) is 36.3 Å². The van der Waals surface area contributed by atoms with Crippen LogP contribution in [0.5, 0.6) is 11.5 Å². The van der Waals surface area contributed by atoms with Crippen LogP contribution in [0.3, 0.4) is 0 Å². The van der Waals surface area contributed by atoms with Crippen LogP contribution in [0.2, 0.25) is 0 Å². The minimum Gasteiger partial charge on any atom is -0.493 e. The fourth-order valence-corrected chi connectivity index (χ4v) is 6.66. The molecule has 0 N–H and O–H groups in total. The first kappa shape index (κ1) is 22.3. The molecule has 0 fully saturated rings. The zero-order valence-corrected chi connectivity index (χ0v) is 18.3. The molecule has 0 saturated heterocycles. The van der Waals surface area contributed by atoms with Gasteiger partial charge in [0.2, 0.25) is 0 Å². The number of rotatable bonds is 8. The Bertz CT molecular complexity index is 1220. The predicted molar refractivity (Wildman–Crippen MR) is 115 cm³/mol. The van der Waals surface area contributed by atoms with Gasteiger partial charge in [-0.15, -0.1) is 0 Å². The van der Waals surface area contributed by atoms with E-state index < -0.39 is 20.0 Å². The molecule has 31 heavy (non-hydrogen) atoms. The van der Waals surface area contributed by atoms with E-state index in [2.05, 4.69) is 0 Å². The molecule has 0 aliphatic rings. The number of hydrogen-bond donors (Lipinski definition) is 0. The highest BCUT2D eigenvalue weighted by atomic mass is 32.3. The van der Waals surface area contributed by atoms with Crippen molar-refractivity contribution < 1.29 is 31.1 Å². The summed E-state index contributed by atoms with van der Waals surface area (Å²) in [6.45, 7) is 0. The highest BCUT2D eigenvalue weighted by Crippen LogP contribution is 2.43. The Labute approximate surface area is 180 Å². The molecule has 162 valence electrons. The summed E-state index contributed by atoms with van der Waals surface area (Å²) in [5, 5.41) is 0. The first-order chi connectivity index (χ1) is 14.8. The fraction of sp³-hybridized carbons (Fsp3) is 0.0952. The second-order valence-electron chi connectivity index (χ2n) is 6.23. The molecule has 0 unspecified atom stereocenters. The molecule has 3 aromatic carbocycles. The lowest BCUT2D eigenvalue weighted by atomic mass is 10.2. The lowest BCUT2D eigenvalue weighted by molar-refractivity contribution is 0.112. The third-order valence-electron chi connectivity index (χ3n) is 4.33. The Kier molecular flexibility index (Phi) is 6.32. The van der Waals surface area contributed by atoms with Crippen LogP contribution in [-0.4, -0.2) is 37.3 Å². The molecular weight excluding hydrogens is 442 g/mol. The Hall–Kier alpha value is -3.37. The molecule has 10 heteroatoms. The predicted octanol–water partition coefficient (Wildman–Crippen LogP) is 3.10. The number of ether oxygens (including phenoxy) is 2. The first-order valence-corrected chi connectivity index (χ1v) is 11.8. The highest BCUT2D eigenvalue weighted by molar-refractivity contribution is 8.10. The van der Waals surface area contributed by atoms with Gasteiger partial charge in [0, 0.05) is 5.56 Å². The topological polar surface area (TPSA) is 107 Å². The molecule has 0 aliphatic heterocycles. The summed E-state index contributed by atoms with van der Waals surface area (Å²) in [6.07, 6.45) is 0.452. The van der Waals surface area contributed by atoms with Crippen LogP contribution in [0, 0.1) is 0 Å². The van der Waals surface area contributed by atoms with Crippen molar-refractivity contribution in [1.29, 1.82) is 0 Å². The number of sulfonamides is 2. The van der Waals surface area contributed by atoms with Crippen molar-refractivity contribution >= 4 is 32.0 Å². The Balaban J connectivity index is 2.43. The third kappa shape index (κ3) is 4.12. The Morgan fingerprint density at radius 2 is 1.23 bits per heavy atom. The molecule has 0 atom stereocenters. The van der Waals surface area contributed by atoms with Gasteiger partial charge in [0.05, 0.1) is 24.0 Å². The van der Waals surface area contributed by atoms with Crippen LogP contribution >= 0.6 is 0 Å². The van der Waals surface area contributed by atoms with E-state index in [0.717, 1.165) is 6.07 Å². The average molecular weight is 462 g/mol. The number of carbonyl (C=O) groups is 1. The maximum Gasteiger partial charge on any atom is 0.277 e. The van der Waals surface area contributed by atoms with Crippen molar-refractivity contribution in [2.45, 2.75) is 9.79 Å². The fourth-order valence-electron chi connectivity index (χ4n) is 2.93.